The van der Waals surface area contributed by atoms with Gasteiger partial charge in [0.2, 0.25) is 0 Å². The van der Waals surface area contributed by atoms with E-state index < -0.39 is 10.8 Å². The van der Waals surface area contributed by atoms with Gasteiger partial charge in [-0.2, -0.15) is 0 Å². The summed E-state index contributed by atoms with van der Waals surface area (Å²) in [6.45, 7) is 2.08. The Hall–Kier alpha value is -2.65. The van der Waals surface area contributed by atoms with Crippen LogP contribution < -0.4 is 5.73 Å². The van der Waals surface area contributed by atoms with Crippen LogP contribution >= 0.6 is 11.3 Å². The molecule has 4 heterocycles. The minimum Gasteiger partial charge on any atom is -0.396 e. The molecule has 4 aromatic heterocycles. The molecule has 9 heteroatoms. The first kappa shape index (κ1) is 18.7. The van der Waals surface area contributed by atoms with Crippen LogP contribution in [-0.2, 0) is 17.8 Å². The Morgan fingerprint density at radius 3 is 2.86 bits per heavy atom. The number of imidazole rings is 1. The van der Waals surface area contributed by atoms with Crippen LogP contribution in [0.4, 0.5) is 5.69 Å². The number of hydrogen-bond acceptors (Lipinski definition) is 7. The third-order valence-electron chi connectivity index (χ3n) is 4.31. The van der Waals surface area contributed by atoms with E-state index in [1.807, 2.05) is 29.9 Å². The molecule has 0 saturated heterocycles. The van der Waals surface area contributed by atoms with Gasteiger partial charge in [0.25, 0.3) is 0 Å². The maximum absolute atomic E-state index is 12.8. The highest BCUT2D eigenvalue weighted by atomic mass is 32.2. The normalized spacial score (nSPS) is 12.5. The molecule has 1 unspecified atom stereocenters. The van der Waals surface area contributed by atoms with Gasteiger partial charge in [-0.3, -0.25) is 9.19 Å². The molecule has 0 radical (unpaired) electrons. The molecule has 0 bridgehead atoms. The number of hydrogen-bond donors (Lipinski definition) is 1. The molecular weight excluding hydrogens is 392 g/mol. The molecular formula is C19H20N6OS2. The van der Waals surface area contributed by atoms with Crippen molar-refractivity contribution in [1.29, 1.82) is 0 Å². The second kappa shape index (κ2) is 7.76. The van der Waals surface area contributed by atoms with Crippen molar-refractivity contribution >= 4 is 38.0 Å². The van der Waals surface area contributed by atoms with Gasteiger partial charge in [-0.05, 0) is 18.6 Å². The van der Waals surface area contributed by atoms with Gasteiger partial charge in [0.1, 0.15) is 20.4 Å². The number of anilines is 1. The topological polar surface area (TPSA) is 99.6 Å². The van der Waals surface area contributed by atoms with Gasteiger partial charge in [-0.1, -0.05) is 13.3 Å². The van der Waals surface area contributed by atoms with Crippen molar-refractivity contribution in [1.82, 2.24) is 24.5 Å². The van der Waals surface area contributed by atoms with Crippen molar-refractivity contribution in [3.8, 4) is 22.8 Å². The number of nitrogen functional groups attached to an aromatic ring is 1. The third kappa shape index (κ3) is 3.43. The lowest BCUT2D eigenvalue weighted by Crippen LogP contribution is -1.99. The smallest absolute Gasteiger partial charge is 0.163 e. The molecule has 1 atom stereocenters. The van der Waals surface area contributed by atoms with E-state index >= 15 is 0 Å². The molecule has 0 amide bonds. The molecule has 0 aliphatic rings. The largest absolute Gasteiger partial charge is 0.396 e. The predicted octanol–water partition coefficient (Wildman–Crippen LogP) is 3.64. The Bertz CT molecular complexity index is 1150. The Kier molecular flexibility index (Phi) is 5.19. The van der Waals surface area contributed by atoms with Crippen molar-refractivity contribution in [3.05, 3.63) is 37.1 Å². The highest BCUT2D eigenvalue weighted by Crippen LogP contribution is 2.40. The molecule has 0 aliphatic carbocycles. The molecule has 0 aliphatic heterocycles. The second-order valence-electron chi connectivity index (χ2n) is 6.45. The van der Waals surface area contributed by atoms with E-state index in [2.05, 4.69) is 16.9 Å². The Morgan fingerprint density at radius 1 is 1.32 bits per heavy atom. The van der Waals surface area contributed by atoms with Gasteiger partial charge in [0, 0.05) is 37.0 Å². The number of fused-ring (bicyclic) bond motifs is 1. The average Bonchev–Trinajstić information content (AvgIpc) is 3.29. The minimum absolute atomic E-state index is 0.493. The number of unbranched alkanes of at least 4 members (excludes halogenated alkanes) is 1. The summed E-state index contributed by atoms with van der Waals surface area (Å²) in [5.74, 6) is 1.14. The Labute approximate surface area is 169 Å². The summed E-state index contributed by atoms with van der Waals surface area (Å²) >= 11 is 1.38. The standard InChI is InChI=1S/C19H20N6OS2/c1-3-4-8-28(26)19-15(20)14-16(13-10-25(2)11-22-13)23-17(24-18(14)27-19)12-6-5-7-21-9-12/h5-7,9-11H,3-4,8,20H2,1-2H3. The maximum atomic E-state index is 12.8. The lowest BCUT2D eigenvalue weighted by Gasteiger charge is -2.05. The number of nitrogens with two attached hydrogens (primary N) is 1. The van der Waals surface area contributed by atoms with Crippen LogP contribution in [0.15, 0.2) is 41.3 Å². The maximum Gasteiger partial charge on any atom is 0.163 e. The van der Waals surface area contributed by atoms with Crippen LogP contribution in [0.1, 0.15) is 19.8 Å². The van der Waals surface area contributed by atoms with Crippen LogP contribution in [0.25, 0.3) is 33.0 Å². The number of pyridine rings is 1. The number of aromatic nitrogens is 5. The predicted molar refractivity (Wildman–Crippen MR) is 113 cm³/mol. The van der Waals surface area contributed by atoms with Gasteiger partial charge < -0.3 is 10.3 Å². The third-order valence-corrected chi connectivity index (χ3v) is 7.31. The van der Waals surface area contributed by atoms with Gasteiger partial charge in [0.05, 0.1) is 28.2 Å². The van der Waals surface area contributed by atoms with Crippen LogP contribution in [0, 0.1) is 0 Å². The van der Waals surface area contributed by atoms with E-state index in [1.165, 1.54) is 11.3 Å². The average molecular weight is 413 g/mol. The highest BCUT2D eigenvalue weighted by Gasteiger charge is 2.22. The van der Waals surface area contributed by atoms with E-state index in [4.69, 9.17) is 15.7 Å². The van der Waals surface area contributed by atoms with Crippen molar-refractivity contribution < 1.29 is 4.21 Å². The Morgan fingerprint density at radius 2 is 2.18 bits per heavy atom. The molecule has 4 rings (SSSR count). The summed E-state index contributed by atoms with van der Waals surface area (Å²) in [4.78, 5) is 18.8. The lowest BCUT2D eigenvalue weighted by atomic mass is 10.2. The Balaban J connectivity index is 1.95. The van der Waals surface area contributed by atoms with Gasteiger partial charge in [0.15, 0.2) is 5.82 Å². The van der Waals surface area contributed by atoms with Gasteiger partial charge in [-0.25, -0.2) is 15.0 Å². The van der Waals surface area contributed by atoms with Crippen LogP contribution in [0.2, 0.25) is 0 Å². The van der Waals surface area contributed by atoms with Crippen LogP contribution in [0.5, 0.6) is 0 Å². The molecule has 144 valence electrons. The van der Waals surface area contributed by atoms with Crippen LogP contribution in [0.3, 0.4) is 0 Å². The summed E-state index contributed by atoms with van der Waals surface area (Å²) < 4.78 is 15.3. The summed E-state index contributed by atoms with van der Waals surface area (Å²) in [7, 11) is 0.752. The highest BCUT2D eigenvalue weighted by molar-refractivity contribution is 7.87. The van der Waals surface area contributed by atoms with Crippen LogP contribution in [-0.4, -0.2) is 34.5 Å². The van der Waals surface area contributed by atoms with Crippen molar-refractivity contribution in [3.63, 3.8) is 0 Å². The van der Waals surface area contributed by atoms with E-state index in [-0.39, 0.29) is 0 Å². The minimum atomic E-state index is -1.15. The van der Waals surface area contributed by atoms with Gasteiger partial charge >= 0.3 is 0 Å². The molecule has 0 aromatic carbocycles. The SMILES string of the molecule is CCCCS(=O)c1sc2nc(-c3cccnc3)nc(-c3cn(C)cn3)c2c1N. The fourth-order valence-electron chi connectivity index (χ4n) is 2.88. The monoisotopic (exact) mass is 412 g/mol. The van der Waals surface area contributed by atoms with Crippen molar-refractivity contribution in [2.75, 3.05) is 11.5 Å². The first-order valence-electron chi connectivity index (χ1n) is 8.95. The zero-order valence-corrected chi connectivity index (χ0v) is 17.3. The van der Waals surface area contributed by atoms with E-state index in [0.717, 1.165) is 23.8 Å². The zero-order chi connectivity index (χ0) is 19.7. The summed E-state index contributed by atoms with van der Waals surface area (Å²) in [5.41, 5.74) is 9.09. The molecule has 2 N–H and O–H groups in total. The molecule has 0 spiro atoms. The lowest BCUT2D eigenvalue weighted by molar-refractivity contribution is 0.681. The number of rotatable bonds is 6. The summed E-state index contributed by atoms with van der Waals surface area (Å²) in [6.07, 6.45) is 8.91. The first-order chi connectivity index (χ1) is 13.6. The van der Waals surface area contributed by atoms with E-state index in [9.17, 15) is 4.21 Å². The molecule has 7 nitrogen and oxygen atoms in total. The number of thiophene rings is 1. The van der Waals surface area contributed by atoms with E-state index in [1.54, 1.807) is 18.7 Å². The van der Waals surface area contributed by atoms with Crippen molar-refractivity contribution in [2.45, 2.75) is 24.0 Å². The van der Waals surface area contributed by atoms with Gasteiger partial charge in [-0.15, -0.1) is 11.3 Å². The fourth-order valence-corrected chi connectivity index (χ4v) is 5.65. The number of nitrogens with zero attached hydrogens (tertiary/aromatic N) is 5. The fraction of sp³-hybridized carbons (Fsp3) is 0.263. The van der Waals surface area contributed by atoms with Crippen molar-refractivity contribution in [2.24, 2.45) is 7.05 Å². The molecule has 0 saturated carbocycles. The first-order valence-corrected chi connectivity index (χ1v) is 11.1. The zero-order valence-electron chi connectivity index (χ0n) is 15.6. The number of aryl methyl sites for hydroxylation is 1. The summed E-state index contributed by atoms with van der Waals surface area (Å²) in [6, 6.07) is 3.75. The molecule has 28 heavy (non-hydrogen) atoms. The summed E-state index contributed by atoms with van der Waals surface area (Å²) in [5, 5.41) is 0.719. The molecule has 4 aromatic rings. The quantitative estimate of drug-likeness (QED) is 0.519. The molecule has 0 fully saturated rings. The van der Waals surface area contributed by atoms with E-state index in [0.29, 0.717) is 37.7 Å². The second-order valence-corrected chi connectivity index (χ2v) is 9.21.